The molecule has 4 nitrogen and oxygen atoms in total. The first-order chi connectivity index (χ1) is 8.69. The number of methoxy groups -OCH3 is 1. The molecule has 2 heterocycles. The van der Waals surface area contributed by atoms with E-state index in [-0.39, 0.29) is 0 Å². The van der Waals surface area contributed by atoms with Crippen molar-refractivity contribution >= 4 is 11.1 Å². The summed E-state index contributed by atoms with van der Waals surface area (Å²) in [6, 6.07) is 3.99. The van der Waals surface area contributed by atoms with Crippen LogP contribution in [0.25, 0.3) is 11.1 Å². The van der Waals surface area contributed by atoms with Crippen LogP contribution in [0.5, 0.6) is 5.75 Å². The van der Waals surface area contributed by atoms with E-state index < -0.39 is 0 Å². The molecular formula is C14H17NO3. The summed E-state index contributed by atoms with van der Waals surface area (Å²) in [7, 11) is 1.69. The van der Waals surface area contributed by atoms with Crippen LogP contribution in [0.15, 0.2) is 16.5 Å². The highest BCUT2D eigenvalue weighted by Crippen LogP contribution is 2.33. The number of fused-ring (bicyclic) bond motifs is 1. The highest BCUT2D eigenvalue weighted by Gasteiger charge is 2.26. The van der Waals surface area contributed by atoms with Gasteiger partial charge in [0.05, 0.1) is 26.2 Å². The third-order valence-corrected chi connectivity index (χ3v) is 3.37. The van der Waals surface area contributed by atoms with Gasteiger partial charge in [-0.3, -0.25) is 0 Å². The summed E-state index contributed by atoms with van der Waals surface area (Å²) in [6.45, 7) is 5.70. The third kappa shape index (κ3) is 1.77. The van der Waals surface area contributed by atoms with Gasteiger partial charge in [0.15, 0.2) is 5.58 Å². The van der Waals surface area contributed by atoms with Crippen molar-refractivity contribution in [1.82, 2.24) is 4.98 Å². The molecule has 0 bridgehead atoms. The second-order valence-electron chi connectivity index (χ2n) is 5.00. The Kier molecular flexibility index (Phi) is 2.74. The zero-order chi connectivity index (χ0) is 12.7. The van der Waals surface area contributed by atoms with E-state index in [1.807, 2.05) is 12.1 Å². The minimum absolute atomic E-state index is 0.311. The molecule has 1 saturated heterocycles. The summed E-state index contributed by atoms with van der Waals surface area (Å²) in [4.78, 5) is 4.52. The first kappa shape index (κ1) is 11.5. The molecule has 1 aromatic heterocycles. The smallest absolute Gasteiger partial charge is 0.203 e. The second-order valence-corrected chi connectivity index (χ2v) is 5.00. The van der Waals surface area contributed by atoms with Gasteiger partial charge in [-0.2, -0.15) is 0 Å². The molecule has 96 valence electrons. The summed E-state index contributed by atoms with van der Waals surface area (Å²) < 4.78 is 16.4. The van der Waals surface area contributed by atoms with E-state index in [1.54, 1.807) is 7.11 Å². The molecular weight excluding hydrogens is 230 g/mol. The molecule has 1 aliphatic rings. The van der Waals surface area contributed by atoms with Crippen molar-refractivity contribution in [1.29, 1.82) is 0 Å². The summed E-state index contributed by atoms with van der Waals surface area (Å²) in [5, 5.41) is 0. The molecule has 1 aromatic carbocycles. The maximum absolute atomic E-state index is 5.82. The Balaban J connectivity index is 2.09. The number of hydrogen-bond donors (Lipinski definition) is 0. The number of benzene rings is 1. The highest BCUT2D eigenvalue weighted by molar-refractivity contribution is 5.76. The van der Waals surface area contributed by atoms with Crippen LogP contribution in [0.2, 0.25) is 0 Å². The van der Waals surface area contributed by atoms with Gasteiger partial charge >= 0.3 is 0 Å². The zero-order valence-corrected chi connectivity index (χ0v) is 10.9. The Morgan fingerprint density at radius 2 is 2.11 bits per heavy atom. The first-order valence-electron chi connectivity index (χ1n) is 6.25. The molecule has 1 fully saturated rings. The summed E-state index contributed by atoms with van der Waals surface area (Å²) in [5.74, 6) is 2.36. The highest BCUT2D eigenvalue weighted by atomic mass is 16.5. The molecule has 0 atom stereocenters. The van der Waals surface area contributed by atoms with Crippen molar-refractivity contribution in [3.05, 3.63) is 23.6 Å². The lowest BCUT2D eigenvalue weighted by Gasteiger charge is -2.22. The minimum atomic E-state index is 0.311. The van der Waals surface area contributed by atoms with Crippen LogP contribution in [-0.4, -0.2) is 25.3 Å². The average Bonchev–Trinajstić information content (AvgIpc) is 2.66. The van der Waals surface area contributed by atoms with Gasteiger partial charge in [-0.05, 0) is 12.0 Å². The first-order valence-corrected chi connectivity index (χ1v) is 6.25. The minimum Gasteiger partial charge on any atom is -0.496 e. The zero-order valence-electron chi connectivity index (χ0n) is 10.9. The standard InChI is InChI=1S/C14H17NO3/c1-8(2)10-4-13-11(5-12(10)16-3)15-14(18-13)9-6-17-7-9/h4-5,8-9H,6-7H2,1-3H3. The van der Waals surface area contributed by atoms with Gasteiger partial charge < -0.3 is 13.9 Å². The largest absolute Gasteiger partial charge is 0.496 e. The maximum atomic E-state index is 5.82. The number of rotatable bonds is 3. The molecule has 0 aliphatic carbocycles. The van der Waals surface area contributed by atoms with Gasteiger partial charge in [0, 0.05) is 11.6 Å². The summed E-state index contributed by atoms with van der Waals surface area (Å²) in [6.07, 6.45) is 0. The van der Waals surface area contributed by atoms with Crippen molar-refractivity contribution in [3.8, 4) is 5.75 Å². The lowest BCUT2D eigenvalue weighted by atomic mass is 10.0. The van der Waals surface area contributed by atoms with E-state index in [0.29, 0.717) is 25.0 Å². The average molecular weight is 247 g/mol. The Hall–Kier alpha value is -1.55. The van der Waals surface area contributed by atoms with Crippen LogP contribution in [0.4, 0.5) is 0 Å². The van der Waals surface area contributed by atoms with Gasteiger partial charge in [-0.15, -0.1) is 0 Å². The van der Waals surface area contributed by atoms with Crippen molar-refractivity contribution in [2.75, 3.05) is 20.3 Å². The Morgan fingerprint density at radius 3 is 2.67 bits per heavy atom. The number of hydrogen-bond acceptors (Lipinski definition) is 4. The number of oxazole rings is 1. The molecule has 3 rings (SSSR count). The van der Waals surface area contributed by atoms with Crippen molar-refractivity contribution in [2.24, 2.45) is 0 Å². The van der Waals surface area contributed by atoms with Crippen molar-refractivity contribution < 1.29 is 13.9 Å². The van der Waals surface area contributed by atoms with E-state index in [4.69, 9.17) is 13.9 Å². The lowest BCUT2D eigenvalue weighted by Crippen LogP contribution is -2.25. The molecule has 18 heavy (non-hydrogen) atoms. The number of ether oxygens (including phenoxy) is 2. The van der Waals surface area contributed by atoms with E-state index in [0.717, 1.165) is 28.3 Å². The fourth-order valence-corrected chi connectivity index (χ4v) is 2.17. The summed E-state index contributed by atoms with van der Waals surface area (Å²) in [5.41, 5.74) is 2.84. The normalized spacial score (nSPS) is 16.2. The van der Waals surface area contributed by atoms with Gasteiger partial charge in [0.2, 0.25) is 5.89 Å². The van der Waals surface area contributed by atoms with Gasteiger partial charge in [0.1, 0.15) is 11.3 Å². The van der Waals surface area contributed by atoms with Crippen LogP contribution >= 0.6 is 0 Å². The molecule has 1 aliphatic heterocycles. The maximum Gasteiger partial charge on any atom is 0.203 e. The molecule has 0 N–H and O–H groups in total. The van der Waals surface area contributed by atoms with Gasteiger partial charge in [0.25, 0.3) is 0 Å². The summed E-state index contributed by atoms with van der Waals surface area (Å²) >= 11 is 0. The number of nitrogens with zero attached hydrogens (tertiary/aromatic N) is 1. The monoisotopic (exact) mass is 247 g/mol. The molecule has 0 unspecified atom stereocenters. The Labute approximate surface area is 106 Å². The predicted molar refractivity (Wildman–Crippen MR) is 68.2 cm³/mol. The SMILES string of the molecule is COc1cc2nc(C3COC3)oc2cc1C(C)C. The fraction of sp³-hybridized carbons (Fsp3) is 0.500. The van der Waals surface area contributed by atoms with Crippen LogP contribution in [0, 0.1) is 0 Å². The molecule has 0 saturated carbocycles. The third-order valence-electron chi connectivity index (χ3n) is 3.37. The fourth-order valence-electron chi connectivity index (χ4n) is 2.17. The quantitative estimate of drug-likeness (QED) is 0.836. The molecule has 0 spiro atoms. The molecule has 0 amide bonds. The lowest BCUT2D eigenvalue weighted by molar-refractivity contribution is -0.00172. The van der Waals surface area contributed by atoms with Crippen LogP contribution in [0.3, 0.4) is 0 Å². The van der Waals surface area contributed by atoms with E-state index in [9.17, 15) is 0 Å². The molecule has 0 radical (unpaired) electrons. The van der Waals surface area contributed by atoms with Crippen LogP contribution in [0.1, 0.15) is 37.1 Å². The molecule has 2 aromatic rings. The van der Waals surface area contributed by atoms with E-state index in [2.05, 4.69) is 18.8 Å². The van der Waals surface area contributed by atoms with Crippen molar-refractivity contribution in [3.63, 3.8) is 0 Å². The predicted octanol–water partition coefficient (Wildman–Crippen LogP) is 3.07. The Bertz CT molecular complexity index is 570. The van der Waals surface area contributed by atoms with E-state index >= 15 is 0 Å². The van der Waals surface area contributed by atoms with Crippen LogP contribution < -0.4 is 4.74 Å². The Morgan fingerprint density at radius 1 is 1.33 bits per heavy atom. The number of aromatic nitrogens is 1. The van der Waals surface area contributed by atoms with Gasteiger partial charge in [-0.25, -0.2) is 4.98 Å². The van der Waals surface area contributed by atoms with Crippen molar-refractivity contribution in [2.45, 2.75) is 25.7 Å². The second kappa shape index (κ2) is 4.28. The van der Waals surface area contributed by atoms with Crippen LogP contribution in [-0.2, 0) is 4.74 Å². The van der Waals surface area contributed by atoms with E-state index in [1.165, 1.54) is 0 Å². The van der Waals surface area contributed by atoms with Gasteiger partial charge in [-0.1, -0.05) is 13.8 Å². The molecule has 4 heteroatoms. The topological polar surface area (TPSA) is 44.5 Å².